The standard InChI is InChI=1S/C22H27F5N6O3/c1-2-33(8-13-3-4-14(7-15(13)23)22(25,26)27)20-18(24)19(30-12-31-20)29-11-21(36)5-6-32(9-16(21)34)10-17(28)35/h3-4,7,12,16,34,36H,2,5-6,8-11H2,1H3,(H2,28,35)(H,29,30,31)/t16-,21+/m1/s1. The summed E-state index contributed by atoms with van der Waals surface area (Å²) in [7, 11) is 0. The monoisotopic (exact) mass is 518 g/mol. The first-order chi connectivity index (χ1) is 16.8. The summed E-state index contributed by atoms with van der Waals surface area (Å²) in [6.45, 7) is 1.44. The zero-order chi connectivity index (χ0) is 26.7. The number of benzene rings is 1. The third-order valence-electron chi connectivity index (χ3n) is 6.05. The lowest BCUT2D eigenvalue weighted by atomic mass is 9.88. The number of β-amino-alcohol motifs (C(OH)–C–C–N with tert-alkyl or cyclic N) is 1. The van der Waals surface area contributed by atoms with Crippen LogP contribution in [-0.4, -0.2) is 75.4 Å². The Bertz CT molecular complexity index is 1090. The van der Waals surface area contributed by atoms with Gasteiger partial charge in [-0.2, -0.15) is 17.6 Å². The first-order valence-corrected chi connectivity index (χ1v) is 11.1. The molecule has 1 fully saturated rings. The lowest BCUT2D eigenvalue weighted by molar-refractivity contribution is -0.137. The fraction of sp³-hybridized carbons (Fsp3) is 0.500. The van der Waals surface area contributed by atoms with Gasteiger partial charge in [0.2, 0.25) is 11.7 Å². The molecule has 5 N–H and O–H groups in total. The van der Waals surface area contributed by atoms with Crippen molar-refractivity contribution >= 4 is 17.5 Å². The number of hydrogen-bond donors (Lipinski definition) is 4. The van der Waals surface area contributed by atoms with E-state index in [0.29, 0.717) is 6.07 Å². The van der Waals surface area contributed by atoms with Gasteiger partial charge in [-0.1, -0.05) is 6.07 Å². The molecule has 1 aromatic carbocycles. The molecule has 0 radical (unpaired) electrons. The molecule has 0 aliphatic carbocycles. The molecule has 2 heterocycles. The van der Waals surface area contributed by atoms with Crippen molar-refractivity contribution in [3.05, 3.63) is 47.3 Å². The van der Waals surface area contributed by atoms with Crippen LogP contribution >= 0.6 is 0 Å². The van der Waals surface area contributed by atoms with Crippen molar-refractivity contribution in [3.8, 4) is 0 Å². The van der Waals surface area contributed by atoms with E-state index < -0.39 is 41.0 Å². The van der Waals surface area contributed by atoms with Gasteiger partial charge in [0.05, 0.1) is 18.2 Å². The molecule has 1 aliphatic rings. The Morgan fingerprint density at radius 1 is 1.33 bits per heavy atom. The molecule has 3 rings (SSSR count). The van der Waals surface area contributed by atoms with Crippen molar-refractivity contribution in [2.75, 3.05) is 42.9 Å². The highest BCUT2D eigenvalue weighted by Gasteiger charge is 2.41. The number of likely N-dealkylation sites (tertiary alicyclic amines) is 1. The van der Waals surface area contributed by atoms with E-state index in [1.54, 1.807) is 11.8 Å². The third-order valence-corrected chi connectivity index (χ3v) is 6.05. The highest BCUT2D eigenvalue weighted by atomic mass is 19.4. The van der Waals surface area contributed by atoms with Gasteiger partial charge >= 0.3 is 6.18 Å². The number of carbonyl (C=O) groups is 1. The predicted molar refractivity (Wildman–Crippen MR) is 120 cm³/mol. The van der Waals surface area contributed by atoms with E-state index in [-0.39, 0.29) is 62.9 Å². The number of nitrogens with zero attached hydrogens (tertiary/aromatic N) is 4. The van der Waals surface area contributed by atoms with Crippen molar-refractivity contribution in [1.82, 2.24) is 14.9 Å². The summed E-state index contributed by atoms with van der Waals surface area (Å²) in [6.07, 6.45) is -4.83. The quantitative estimate of drug-likeness (QED) is 0.368. The van der Waals surface area contributed by atoms with E-state index >= 15 is 4.39 Å². The summed E-state index contributed by atoms with van der Waals surface area (Å²) in [5, 5.41) is 23.9. The second-order valence-electron chi connectivity index (χ2n) is 8.60. The lowest BCUT2D eigenvalue weighted by Crippen LogP contribution is -2.59. The zero-order valence-corrected chi connectivity index (χ0v) is 19.4. The summed E-state index contributed by atoms with van der Waals surface area (Å²) < 4.78 is 68.0. The number of hydrogen-bond acceptors (Lipinski definition) is 8. The molecule has 1 aromatic heterocycles. The number of anilines is 2. The van der Waals surface area contributed by atoms with E-state index in [2.05, 4.69) is 15.3 Å². The van der Waals surface area contributed by atoms with Gasteiger partial charge in [-0.05, 0) is 25.5 Å². The fourth-order valence-electron chi connectivity index (χ4n) is 3.93. The topological polar surface area (TPSA) is 128 Å². The second kappa shape index (κ2) is 10.9. The van der Waals surface area contributed by atoms with Crippen LogP contribution in [0.25, 0.3) is 0 Å². The largest absolute Gasteiger partial charge is 0.416 e. The minimum Gasteiger partial charge on any atom is -0.389 e. The summed E-state index contributed by atoms with van der Waals surface area (Å²) >= 11 is 0. The summed E-state index contributed by atoms with van der Waals surface area (Å²) in [6, 6.07) is 2.12. The number of carbonyl (C=O) groups excluding carboxylic acids is 1. The van der Waals surface area contributed by atoms with Gasteiger partial charge in [-0.3, -0.25) is 9.69 Å². The predicted octanol–water partition coefficient (Wildman–Crippen LogP) is 1.49. The number of amides is 1. The van der Waals surface area contributed by atoms with E-state index in [1.807, 2.05) is 0 Å². The van der Waals surface area contributed by atoms with E-state index in [4.69, 9.17) is 5.73 Å². The molecule has 0 unspecified atom stereocenters. The molecule has 198 valence electrons. The van der Waals surface area contributed by atoms with Crippen LogP contribution in [0.15, 0.2) is 24.5 Å². The van der Waals surface area contributed by atoms with Gasteiger partial charge < -0.3 is 26.2 Å². The molecular weight excluding hydrogens is 491 g/mol. The number of nitrogens with one attached hydrogen (secondary N) is 1. The Hall–Kier alpha value is -3.10. The Labute approximate surface area is 203 Å². The van der Waals surface area contributed by atoms with E-state index in [9.17, 15) is 32.6 Å². The van der Waals surface area contributed by atoms with Crippen LogP contribution in [0.4, 0.5) is 33.6 Å². The van der Waals surface area contributed by atoms with Crippen LogP contribution in [0.3, 0.4) is 0 Å². The third kappa shape index (κ3) is 6.36. The minimum absolute atomic E-state index is 0.0130. The van der Waals surface area contributed by atoms with Crippen molar-refractivity contribution in [2.45, 2.75) is 37.8 Å². The molecule has 36 heavy (non-hydrogen) atoms. The van der Waals surface area contributed by atoms with Crippen LogP contribution < -0.4 is 16.0 Å². The Balaban J connectivity index is 1.72. The minimum atomic E-state index is -4.70. The fourth-order valence-corrected chi connectivity index (χ4v) is 3.93. The maximum Gasteiger partial charge on any atom is 0.416 e. The maximum atomic E-state index is 15.2. The van der Waals surface area contributed by atoms with Gasteiger partial charge in [0.25, 0.3) is 0 Å². The molecule has 0 saturated carbocycles. The van der Waals surface area contributed by atoms with Crippen LogP contribution in [0, 0.1) is 11.6 Å². The second-order valence-corrected chi connectivity index (χ2v) is 8.60. The van der Waals surface area contributed by atoms with Crippen LogP contribution in [0.1, 0.15) is 24.5 Å². The molecule has 0 spiro atoms. The molecule has 2 aromatic rings. The molecule has 14 heteroatoms. The van der Waals surface area contributed by atoms with Gasteiger partial charge in [-0.25, -0.2) is 14.4 Å². The lowest BCUT2D eigenvalue weighted by Gasteiger charge is -2.41. The van der Waals surface area contributed by atoms with Crippen molar-refractivity contribution < 1.29 is 37.0 Å². The number of aliphatic hydroxyl groups is 2. The number of primary amides is 1. The van der Waals surface area contributed by atoms with E-state index in [1.165, 1.54) is 4.90 Å². The molecule has 1 saturated heterocycles. The summed E-state index contributed by atoms with van der Waals surface area (Å²) in [4.78, 5) is 21.7. The highest BCUT2D eigenvalue weighted by molar-refractivity contribution is 5.75. The number of aromatic nitrogens is 2. The van der Waals surface area contributed by atoms with Crippen LogP contribution in [0.2, 0.25) is 0 Å². The molecule has 0 bridgehead atoms. The summed E-state index contributed by atoms with van der Waals surface area (Å²) in [5.41, 5.74) is 2.30. The summed E-state index contributed by atoms with van der Waals surface area (Å²) in [5.74, 6) is -3.09. The zero-order valence-electron chi connectivity index (χ0n) is 19.4. The van der Waals surface area contributed by atoms with Crippen LogP contribution in [0.5, 0.6) is 0 Å². The Morgan fingerprint density at radius 2 is 2.06 bits per heavy atom. The Kier molecular flexibility index (Phi) is 8.31. The smallest absolute Gasteiger partial charge is 0.389 e. The first-order valence-electron chi connectivity index (χ1n) is 11.1. The molecular formula is C22H27F5N6O3. The maximum absolute atomic E-state index is 15.2. The first kappa shape index (κ1) is 27.5. The molecule has 9 nitrogen and oxygen atoms in total. The molecule has 2 atom stereocenters. The van der Waals surface area contributed by atoms with Gasteiger partial charge in [0.15, 0.2) is 11.6 Å². The number of aliphatic hydroxyl groups excluding tert-OH is 1. The van der Waals surface area contributed by atoms with Crippen molar-refractivity contribution in [1.29, 1.82) is 0 Å². The van der Waals surface area contributed by atoms with Crippen LogP contribution in [-0.2, 0) is 17.5 Å². The SMILES string of the molecule is CCN(Cc1ccc(C(F)(F)F)cc1F)c1ncnc(NC[C@@]2(O)CCN(CC(N)=O)C[C@H]2O)c1F. The number of piperidine rings is 1. The normalized spacial score (nSPS) is 20.8. The molecule has 1 amide bonds. The van der Waals surface area contributed by atoms with Crippen molar-refractivity contribution in [2.24, 2.45) is 5.73 Å². The van der Waals surface area contributed by atoms with E-state index in [0.717, 1.165) is 18.5 Å². The number of rotatable bonds is 9. The Morgan fingerprint density at radius 3 is 2.64 bits per heavy atom. The van der Waals surface area contributed by atoms with Gasteiger partial charge in [-0.15, -0.1) is 0 Å². The van der Waals surface area contributed by atoms with Crippen molar-refractivity contribution in [3.63, 3.8) is 0 Å². The number of alkyl halides is 3. The molecule has 1 aliphatic heterocycles. The average Bonchev–Trinajstić information content (AvgIpc) is 2.79. The highest BCUT2D eigenvalue weighted by Crippen LogP contribution is 2.31. The van der Waals surface area contributed by atoms with Gasteiger partial charge in [0.1, 0.15) is 17.7 Å². The average molecular weight is 518 g/mol. The number of halogens is 5. The number of nitrogens with two attached hydrogens (primary N) is 1. The van der Waals surface area contributed by atoms with Gasteiger partial charge in [0, 0.05) is 38.3 Å².